The number of fused-ring (bicyclic) bond motifs is 3. The molecule has 2 saturated heterocycles. The van der Waals surface area contributed by atoms with E-state index < -0.39 is 0 Å². The largest absolute Gasteiger partial charge is 0.349 e. The summed E-state index contributed by atoms with van der Waals surface area (Å²) >= 11 is 0. The van der Waals surface area contributed by atoms with Gasteiger partial charge in [0.25, 0.3) is 5.91 Å². The van der Waals surface area contributed by atoms with E-state index in [0.29, 0.717) is 12.1 Å². The molecule has 3 rings (SSSR count). The van der Waals surface area contributed by atoms with Crippen LogP contribution in [-0.2, 0) is 4.79 Å². The third-order valence-corrected chi connectivity index (χ3v) is 3.56. The Bertz CT molecular complexity index is 257. The molecule has 0 aromatic rings. The lowest BCUT2D eigenvalue weighted by atomic mass is 9.87. The molecule has 78 valence electrons. The van der Waals surface area contributed by atoms with Crippen molar-refractivity contribution in [2.24, 2.45) is 0 Å². The highest BCUT2D eigenvalue weighted by atomic mass is 16.2. The lowest BCUT2D eigenvalue weighted by Gasteiger charge is -2.44. The highest BCUT2D eigenvalue weighted by Crippen LogP contribution is 2.27. The number of rotatable bonds is 0. The van der Waals surface area contributed by atoms with Gasteiger partial charge in [-0.2, -0.15) is 0 Å². The third-order valence-electron chi connectivity index (χ3n) is 3.56. The molecule has 1 aliphatic carbocycles. The van der Waals surface area contributed by atoms with Gasteiger partial charge in [0.1, 0.15) is 0 Å². The molecule has 3 N–H and O–H groups in total. The maximum absolute atomic E-state index is 11.7. The predicted molar refractivity (Wildman–Crippen MR) is 51.0 cm³/mol. The second kappa shape index (κ2) is 3.18. The van der Waals surface area contributed by atoms with E-state index in [0.717, 1.165) is 13.1 Å². The van der Waals surface area contributed by atoms with Crippen LogP contribution in [0, 0.1) is 0 Å². The molecule has 0 bridgehead atoms. The monoisotopic (exact) mass is 196 g/mol. The molecule has 0 radical (unpaired) electrons. The first-order valence-corrected chi connectivity index (χ1v) is 5.41. The fraction of sp³-hybridized carbons (Fsp3) is 0.889. The molecule has 0 spiro atoms. The molecule has 2 aliphatic heterocycles. The fourth-order valence-corrected chi connectivity index (χ4v) is 2.87. The number of nitrogens with zero attached hydrogens (tertiary/aromatic N) is 1. The standard InChI is InChI=1S/C9H16N4O/c14-9-8-12-10-5-13(8)7-4-2-1-3-6(7)11-9/h6-8,10,12H,1-5H2,(H,11,14). The van der Waals surface area contributed by atoms with Crippen molar-refractivity contribution in [3.05, 3.63) is 0 Å². The summed E-state index contributed by atoms with van der Waals surface area (Å²) in [6.07, 6.45) is 4.75. The Morgan fingerprint density at radius 2 is 2.14 bits per heavy atom. The SMILES string of the molecule is O=C1NC2CCCCC2N2CNNC12. The van der Waals surface area contributed by atoms with Gasteiger partial charge in [-0.25, -0.2) is 10.9 Å². The zero-order valence-corrected chi connectivity index (χ0v) is 8.12. The molecule has 0 aromatic carbocycles. The van der Waals surface area contributed by atoms with E-state index in [1.54, 1.807) is 0 Å². The van der Waals surface area contributed by atoms with E-state index in [1.165, 1.54) is 19.3 Å². The van der Waals surface area contributed by atoms with Crippen LogP contribution in [0.5, 0.6) is 0 Å². The minimum Gasteiger partial charge on any atom is -0.349 e. The van der Waals surface area contributed by atoms with Gasteiger partial charge in [0.2, 0.25) is 0 Å². The van der Waals surface area contributed by atoms with Crippen LogP contribution in [0.3, 0.4) is 0 Å². The number of hydrogen-bond donors (Lipinski definition) is 3. The van der Waals surface area contributed by atoms with Crippen LogP contribution < -0.4 is 16.2 Å². The molecule has 5 nitrogen and oxygen atoms in total. The summed E-state index contributed by atoms with van der Waals surface area (Å²) in [5.74, 6) is 0.123. The second-order valence-corrected chi connectivity index (χ2v) is 4.36. The molecular weight excluding hydrogens is 180 g/mol. The topological polar surface area (TPSA) is 56.4 Å². The van der Waals surface area contributed by atoms with Crippen LogP contribution in [0.1, 0.15) is 25.7 Å². The molecule has 3 fully saturated rings. The van der Waals surface area contributed by atoms with Crippen LogP contribution in [0.2, 0.25) is 0 Å². The normalized spacial score (nSPS) is 42.9. The van der Waals surface area contributed by atoms with Gasteiger partial charge >= 0.3 is 0 Å². The highest BCUT2D eigenvalue weighted by molar-refractivity contribution is 5.82. The molecular formula is C9H16N4O. The first kappa shape index (κ1) is 8.64. The number of amides is 1. The van der Waals surface area contributed by atoms with E-state index >= 15 is 0 Å². The maximum Gasteiger partial charge on any atom is 0.253 e. The first-order chi connectivity index (χ1) is 6.86. The van der Waals surface area contributed by atoms with Gasteiger partial charge in [-0.15, -0.1) is 0 Å². The molecule has 0 aromatic heterocycles. The van der Waals surface area contributed by atoms with Crippen molar-refractivity contribution in [1.29, 1.82) is 0 Å². The summed E-state index contributed by atoms with van der Waals surface area (Å²) < 4.78 is 0. The van der Waals surface area contributed by atoms with Crippen molar-refractivity contribution in [2.75, 3.05) is 6.67 Å². The van der Waals surface area contributed by atoms with Gasteiger partial charge in [0, 0.05) is 12.1 Å². The third kappa shape index (κ3) is 1.16. The summed E-state index contributed by atoms with van der Waals surface area (Å²) in [5.41, 5.74) is 6.05. The molecule has 3 atom stereocenters. The molecule has 14 heavy (non-hydrogen) atoms. The summed E-state index contributed by atoms with van der Waals surface area (Å²) in [4.78, 5) is 13.9. The average Bonchev–Trinajstić information content (AvgIpc) is 2.67. The Hall–Kier alpha value is -0.650. The van der Waals surface area contributed by atoms with Crippen LogP contribution in [-0.4, -0.2) is 35.7 Å². The molecule has 1 amide bonds. The average molecular weight is 196 g/mol. The minimum absolute atomic E-state index is 0.123. The fourth-order valence-electron chi connectivity index (χ4n) is 2.87. The Labute approximate surface area is 83.2 Å². The van der Waals surface area contributed by atoms with Gasteiger partial charge < -0.3 is 5.32 Å². The van der Waals surface area contributed by atoms with Crippen molar-refractivity contribution in [2.45, 2.75) is 43.9 Å². The Morgan fingerprint density at radius 1 is 1.29 bits per heavy atom. The van der Waals surface area contributed by atoms with Crippen LogP contribution >= 0.6 is 0 Å². The Balaban J connectivity index is 1.84. The lowest BCUT2D eigenvalue weighted by molar-refractivity contribution is -0.133. The smallest absolute Gasteiger partial charge is 0.253 e. The van der Waals surface area contributed by atoms with Gasteiger partial charge in [-0.3, -0.25) is 9.69 Å². The van der Waals surface area contributed by atoms with Gasteiger partial charge in [-0.05, 0) is 12.8 Å². The van der Waals surface area contributed by atoms with Crippen molar-refractivity contribution in [1.82, 2.24) is 21.1 Å². The van der Waals surface area contributed by atoms with E-state index in [1.807, 2.05) is 0 Å². The highest BCUT2D eigenvalue weighted by Gasteiger charge is 2.44. The van der Waals surface area contributed by atoms with E-state index in [4.69, 9.17) is 0 Å². The van der Waals surface area contributed by atoms with E-state index in [9.17, 15) is 4.79 Å². The summed E-state index contributed by atoms with van der Waals surface area (Å²) in [5, 5.41) is 3.11. The molecule has 5 heteroatoms. The Kier molecular flexibility index (Phi) is 1.97. The quantitative estimate of drug-likeness (QED) is 0.471. The predicted octanol–water partition coefficient (Wildman–Crippen LogP) is -0.879. The zero-order chi connectivity index (χ0) is 9.54. The van der Waals surface area contributed by atoms with Crippen molar-refractivity contribution in [3.63, 3.8) is 0 Å². The second-order valence-electron chi connectivity index (χ2n) is 4.36. The molecule has 2 heterocycles. The number of carbonyl (C=O) groups excluding carboxylic acids is 1. The first-order valence-electron chi connectivity index (χ1n) is 5.41. The van der Waals surface area contributed by atoms with Gasteiger partial charge in [0.15, 0.2) is 6.17 Å². The van der Waals surface area contributed by atoms with E-state index in [-0.39, 0.29) is 12.1 Å². The number of piperazine rings is 1. The molecule has 3 aliphatic rings. The summed E-state index contributed by atoms with van der Waals surface area (Å²) in [6, 6.07) is 0.920. The van der Waals surface area contributed by atoms with Crippen molar-refractivity contribution in [3.8, 4) is 0 Å². The van der Waals surface area contributed by atoms with Gasteiger partial charge in [-0.1, -0.05) is 12.8 Å². The summed E-state index contributed by atoms with van der Waals surface area (Å²) in [7, 11) is 0. The van der Waals surface area contributed by atoms with E-state index in [2.05, 4.69) is 21.1 Å². The Morgan fingerprint density at radius 3 is 3.07 bits per heavy atom. The van der Waals surface area contributed by atoms with Gasteiger partial charge in [0.05, 0.1) is 6.67 Å². The maximum atomic E-state index is 11.7. The summed E-state index contributed by atoms with van der Waals surface area (Å²) in [6.45, 7) is 0.791. The van der Waals surface area contributed by atoms with Crippen LogP contribution in [0.15, 0.2) is 0 Å². The number of nitrogens with one attached hydrogen (secondary N) is 3. The lowest BCUT2D eigenvalue weighted by Crippen LogP contribution is -2.66. The number of hydrogen-bond acceptors (Lipinski definition) is 4. The van der Waals surface area contributed by atoms with Crippen molar-refractivity contribution >= 4 is 5.91 Å². The van der Waals surface area contributed by atoms with Crippen molar-refractivity contribution < 1.29 is 4.79 Å². The van der Waals surface area contributed by atoms with Crippen LogP contribution in [0.25, 0.3) is 0 Å². The number of carbonyl (C=O) groups is 1. The molecule has 3 unspecified atom stereocenters. The zero-order valence-electron chi connectivity index (χ0n) is 8.12. The van der Waals surface area contributed by atoms with Crippen LogP contribution in [0.4, 0.5) is 0 Å². The number of hydrazine groups is 1. The molecule has 1 saturated carbocycles. The minimum atomic E-state index is -0.144.